The van der Waals surface area contributed by atoms with Gasteiger partial charge in [0.25, 0.3) is 0 Å². The van der Waals surface area contributed by atoms with Gasteiger partial charge in [-0.15, -0.1) is 0 Å². The number of nitrogens with one attached hydrogen (secondary N) is 1. The Hall–Kier alpha value is -0.0800. The summed E-state index contributed by atoms with van der Waals surface area (Å²) in [5.74, 6) is 0.825. The van der Waals surface area contributed by atoms with Crippen molar-refractivity contribution in [1.29, 1.82) is 0 Å². The Morgan fingerprint density at radius 1 is 1.36 bits per heavy atom. The molecule has 2 heteroatoms. The van der Waals surface area contributed by atoms with E-state index in [-0.39, 0.29) is 0 Å². The molecule has 14 heavy (non-hydrogen) atoms. The molecular formula is C12H24N2. The molecule has 0 bridgehead atoms. The van der Waals surface area contributed by atoms with Gasteiger partial charge < -0.3 is 10.2 Å². The summed E-state index contributed by atoms with van der Waals surface area (Å²) in [6.07, 6.45) is 1.36. The Balaban J connectivity index is 1.82. The standard InChI is InChI=1S/C12H24N2/c1-5-14-7-9(2)10(8-14)13-11-6-12(11,3)4/h9-11,13H,5-8H2,1-4H3. The SMILES string of the molecule is CCN1CC(C)C(NC2CC2(C)C)C1. The van der Waals surface area contributed by atoms with Crippen molar-refractivity contribution in [3.8, 4) is 0 Å². The number of rotatable bonds is 3. The van der Waals surface area contributed by atoms with Crippen molar-refractivity contribution in [3.63, 3.8) is 0 Å². The highest BCUT2D eigenvalue weighted by Gasteiger charge is 2.47. The lowest BCUT2D eigenvalue weighted by molar-refractivity contribution is 0.340. The van der Waals surface area contributed by atoms with Crippen molar-refractivity contribution in [2.75, 3.05) is 19.6 Å². The topological polar surface area (TPSA) is 15.3 Å². The van der Waals surface area contributed by atoms with E-state index >= 15 is 0 Å². The normalized spacial score (nSPS) is 41.6. The molecule has 82 valence electrons. The maximum atomic E-state index is 3.82. The van der Waals surface area contributed by atoms with Gasteiger partial charge in [0.1, 0.15) is 0 Å². The minimum Gasteiger partial charge on any atom is -0.309 e. The molecule has 1 aliphatic heterocycles. The summed E-state index contributed by atoms with van der Waals surface area (Å²) in [4.78, 5) is 2.55. The molecule has 0 aromatic heterocycles. The van der Waals surface area contributed by atoms with Gasteiger partial charge in [0.2, 0.25) is 0 Å². The zero-order chi connectivity index (χ0) is 10.3. The molecule has 2 nitrogen and oxygen atoms in total. The molecule has 0 radical (unpaired) electrons. The Morgan fingerprint density at radius 2 is 2.00 bits per heavy atom. The van der Waals surface area contributed by atoms with Crippen LogP contribution in [0.25, 0.3) is 0 Å². The second-order valence-corrected chi connectivity index (χ2v) is 5.85. The second kappa shape index (κ2) is 3.49. The van der Waals surface area contributed by atoms with Crippen molar-refractivity contribution >= 4 is 0 Å². The van der Waals surface area contributed by atoms with E-state index < -0.39 is 0 Å². The summed E-state index contributed by atoms with van der Waals surface area (Å²) >= 11 is 0. The van der Waals surface area contributed by atoms with Crippen LogP contribution in [-0.2, 0) is 0 Å². The molecule has 1 saturated carbocycles. The fourth-order valence-corrected chi connectivity index (χ4v) is 2.55. The predicted molar refractivity (Wildman–Crippen MR) is 60.4 cm³/mol. The van der Waals surface area contributed by atoms with Gasteiger partial charge in [-0.1, -0.05) is 27.7 Å². The van der Waals surface area contributed by atoms with E-state index in [4.69, 9.17) is 0 Å². The smallest absolute Gasteiger partial charge is 0.0235 e. The molecule has 0 amide bonds. The number of hydrogen-bond acceptors (Lipinski definition) is 2. The van der Waals surface area contributed by atoms with Gasteiger partial charge in [0.05, 0.1) is 0 Å². The van der Waals surface area contributed by atoms with E-state index in [2.05, 4.69) is 37.9 Å². The highest BCUT2D eigenvalue weighted by Crippen LogP contribution is 2.45. The molecule has 2 aliphatic rings. The lowest BCUT2D eigenvalue weighted by Crippen LogP contribution is -2.38. The van der Waals surface area contributed by atoms with Crippen molar-refractivity contribution in [2.45, 2.75) is 46.2 Å². The molecule has 0 aromatic carbocycles. The number of likely N-dealkylation sites (N-methyl/N-ethyl adjacent to an activating group) is 1. The third-order valence-corrected chi connectivity index (χ3v) is 4.06. The summed E-state index contributed by atoms with van der Waals surface area (Å²) in [6, 6.07) is 1.52. The Morgan fingerprint density at radius 3 is 2.43 bits per heavy atom. The largest absolute Gasteiger partial charge is 0.309 e. The monoisotopic (exact) mass is 196 g/mol. The molecule has 0 aromatic rings. The summed E-state index contributed by atoms with van der Waals surface area (Å²) in [5.41, 5.74) is 0.569. The number of likely N-dealkylation sites (tertiary alicyclic amines) is 1. The summed E-state index contributed by atoms with van der Waals surface area (Å²) < 4.78 is 0. The Kier molecular flexibility index (Phi) is 2.61. The van der Waals surface area contributed by atoms with E-state index in [9.17, 15) is 0 Å². The predicted octanol–water partition coefficient (Wildman–Crippen LogP) is 1.71. The fourth-order valence-electron chi connectivity index (χ4n) is 2.55. The van der Waals surface area contributed by atoms with Crippen molar-refractivity contribution in [1.82, 2.24) is 10.2 Å². The van der Waals surface area contributed by atoms with Gasteiger partial charge in [0, 0.05) is 25.2 Å². The van der Waals surface area contributed by atoms with Gasteiger partial charge in [-0.3, -0.25) is 0 Å². The number of hydrogen-bond donors (Lipinski definition) is 1. The van der Waals surface area contributed by atoms with E-state index in [0.717, 1.165) is 18.0 Å². The lowest BCUT2D eigenvalue weighted by Gasteiger charge is -2.17. The van der Waals surface area contributed by atoms with E-state index in [1.807, 2.05) is 0 Å². The maximum absolute atomic E-state index is 3.82. The zero-order valence-corrected chi connectivity index (χ0v) is 10.0. The zero-order valence-electron chi connectivity index (χ0n) is 10.0. The highest BCUT2D eigenvalue weighted by molar-refractivity contribution is 5.04. The van der Waals surface area contributed by atoms with Crippen LogP contribution < -0.4 is 5.32 Å². The molecular weight excluding hydrogens is 172 g/mol. The van der Waals surface area contributed by atoms with Crippen LogP contribution >= 0.6 is 0 Å². The fraction of sp³-hybridized carbons (Fsp3) is 1.00. The first-order valence-electron chi connectivity index (χ1n) is 6.01. The summed E-state index contributed by atoms with van der Waals surface area (Å²) in [5, 5.41) is 3.82. The van der Waals surface area contributed by atoms with E-state index in [0.29, 0.717) is 5.41 Å². The van der Waals surface area contributed by atoms with Gasteiger partial charge in [-0.25, -0.2) is 0 Å². The maximum Gasteiger partial charge on any atom is 0.0235 e. The van der Waals surface area contributed by atoms with Crippen LogP contribution in [0.4, 0.5) is 0 Å². The third kappa shape index (κ3) is 1.96. The molecule has 3 atom stereocenters. The van der Waals surface area contributed by atoms with E-state index in [1.54, 1.807) is 0 Å². The second-order valence-electron chi connectivity index (χ2n) is 5.85. The molecule has 3 unspecified atom stereocenters. The minimum absolute atomic E-state index is 0.569. The van der Waals surface area contributed by atoms with Gasteiger partial charge >= 0.3 is 0 Å². The molecule has 2 fully saturated rings. The number of nitrogens with zero attached hydrogens (tertiary/aromatic N) is 1. The van der Waals surface area contributed by atoms with Crippen LogP contribution in [-0.4, -0.2) is 36.6 Å². The Bertz CT molecular complexity index is 212. The van der Waals surface area contributed by atoms with Gasteiger partial charge in [0.15, 0.2) is 0 Å². The quantitative estimate of drug-likeness (QED) is 0.739. The molecule has 1 aliphatic carbocycles. The van der Waals surface area contributed by atoms with Crippen LogP contribution in [0, 0.1) is 11.3 Å². The van der Waals surface area contributed by atoms with Gasteiger partial charge in [-0.05, 0) is 24.3 Å². The van der Waals surface area contributed by atoms with Gasteiger partial charge in [-0.2, -0.15) is 0 Å². The third-order valence-electron chi connectivity index (χ3n) is 4.06. The minimum atomic E-state index is 0.569. The average Bonchev–Trinajstić information content (AvgIpc) is 2.55. The van der Waals surface area contributed by atoms with Crippen LogP contribution in [0.5, 0.6) is 0 Å². The first-order valence-corrected chi connectivity index (χ1v) is 6.01. The van der Waals surface area contributed by atoms with Crippen molar-refractivity contribution in [2.24, 2.45) is 11.3 Å². The van der Waals surface area contributed by atoms with Crippen molar-refractivity contribution < 1.29 is 0 Å². The van der Waals surface area contributed by atoms with Crippen LogP contribution in [0.2, 0.25) is 0 Å². The van der Waals surface area contributed by atoms with Crippen molar-refractivity contribution in [3.05, 3.63) is 0 Å². The van der Waals surface area contributed by atoms with Crippen LogP contribution in [0.3, 0.4) is 0 Å². The lowest BCUT2D eigenvalue weighted by atomic mass is 10.1. The Labute approximate surface area is 88.1 Å². The molecule has 0 spiro atoms. The molecule has 1 saturated heterocycles. The molecule has 2 rings (SSSR count). The molecule has 1 heterocycles. The first kappa shape index (κ1) is 10.4. The first-order chi connectivity index (χ1) is 6.53. The summed E-state index contributed by atoms with van der Waals surface area (Å²) in [6.45, 7) is 13.1. The average molecular weight is 196 g/mol. The van der Waals surface area contributed by atoms with E-state index in [1.165, 1.54) is 26.1 Å². The van der Waals surface area contributed by atoms with Crippen LogP contribution in [0.1, 0.15) is 34.1 Å². The molecule has 1 N–H and O–H groups in total. The highest BCUT2D eigenvalue weighted by atomic mass is 15.2. The summed E-state index contributed by atoms with van der Waals surface area (Å²) in [7, 11) is 0. The van der Waals surface area contributed by atoms with Crippen LogP contribution in [0.15, 0.2) is 0 Å².